The molecular formula is C13H24N4O2. The van der Waals surface area contributed by atoms with E-state index in [1.807, 2.05) is 4.68 Å². The number of nitrogens with one attached hydrogen (secondary N) is 1. The molecule has 1 aromatic heterocycles. The van der Waals surface area contributed by atoms with Gasteiger partial charge in [0.05, 0.1) is 37.8 Å². The number of hydrazine groups is 1. The molecule has 3 unspecified atom stereocenters. The van der Waals surface area contributed by atoms with Gasteiger partial charge in [0.1, 0.15) is 0 Å². The first-order chi connectivity index (χ1) is 9.21. The van der Waals surface area contributed by atoms with Gasteiger partial charge in [-0.1, -0.05) is 6.92 Å². The number of hydrogen-bond acceptors (Lipinski definition) is 5. The van der Waals surface area contributed by atoms with E-state index in [0.29, 0.717) is 5.92 Å². The minimum absolute atomic E-state index is 0.00829. The van der Waals surface area contributed by atoms with E-state index in [9.17, 15) is 0 Å². The standard InChI is InChI=1S/C13H24N4O2/c1-4-5-17-13(11(18-3)7-15-17)12(16-14)10-6-9(2)19-8-10/h7,9-10,12,16H,4-6,8,14H2,1-3H3. The number of methoxy groups -OCH3 is 1. The van der Waals surface area contributed by atoms with Gasteiger partial charge in [-0.2, -0.15) is 5.10 Å². The van der Waals surface area contributed by atoms with E-state index in [2.05, 4.69) is 24.4 Å². The predicted octanol–water partition coefficient (Wildman–Crippen LogP) is 1.23. The van der Waals surface area contributed by atoms with Gasteiger partial charge < -0.3 is 9.47 Å². The van der Waals surface area contributed by atoms with Gasteiger partial charge >= 0.3 is 0 Å². The van der Waals surface area contributed by atoms with Gasteiger partial charge in [-0.3, -0.25) is 16.0 Å². The number of aryl methyl sites for hydroxylation is 1. The molecule has 0 aliphatic carbocycles. The molecule has 2 rings (SSSR count). The second-order valence-corrected chi connectivity index (χ2v) is 5.11. The summed E-state index contributed by atoms with van der Waals surface area (Å²) in [5.41, 5.74) is 3.94. The minimum atomic E-state index is 0.00829. The average molecular weight is 268 g/mol. The second kappa shape index (κ2) is 6.36. The molecule has 1 aliphatic heterocycles. The molecule has 6 nitrogen and oxygen atoms in total. The van der Waals surface area contributed by atoms with Crippen molar-refractivity contribution in [3.63, 3.8) is 0 Å². The molecular weight excluding hydrogens is 244 g/mol. The highest BCUT2D eigenvalue weighted by molar-refractivity contribution is 5.29. The number of hydrogen-bond donors (Lipinski definition) is 2. The summed E-state index contributed by atoms with van der Waals surface area (Å²) in [6.45, 7) is 5.80. The fourth-order valence-electron chi connectivity index (χ4n) is 2.76. The van der Waals surface area contributed by atoms with E-state index in [1.165, 1.54) is 0 Å². The summed E-state index contributed by atoms with van der Waals surface area (Å²) in [5.74, 6) is 6.91. The van der Waals surface area contributed by atoms with Crippen LogP contribution in [0.4, 0.5) is 0 Å². The van der Waals surface area contributed by atoms with Crippen molar-refractivity contribution in [2.45, 2.75) is 45.4 Å². The molecule has 1 fully saturated rings. The van der Waals surface area contributed by atoms with Crippen molar-refractivity contribution in [1.29, 1.82) is 0 Å². The highest BCUT2D eigenvalue weighted by Gasteiger charge is 2.34. The minimum Gasteiger partial charge on any atom is -0.493 e. The third-order valence-corrected chi connectivity index (χ3v) is 3.68. The normalized spacial score (nSPS) is 24.6. The van der Waals surface area contributed by atoms with Crippen molar-refractivity contribution in [2.75, 3.05) is 13.7 Å². The average Bonchev–Trinajstić information content (AvgIpc) is 2.99. The van der Waals surface area contributed by atoms with Gasteiger partial charge in [-0.05, 0) is 19.8 Å². The van der Waals surface area contributed by atoms with E-state index in [4.69, 9.17) is 15.3 Å². The molecule has 1 aliphatic rings. The number of nitrogens with zero attached hydrogens (tertiary/aromatic N) is 2. The lowest BCUT2D eigenvalue weighted by atomic mass is 9.94. The summed E-state index contributed by atoms with van der Waals surface area (Å²) >= 11 is 0. The summed E-state index contributed by atoms with van der Waals surface area (Å²) in [6.07, 6.45) is 4.06. The smallest absolute Gasteiger partial charge is 0.161 e. The summed E-state index contributed by atoms with van der Waals surface area (Å²) in [6, 6.07) is 0.00829. The van der Waals surface area contributed by atoms with Crippen LogP contribution in [0.25, 0.3) is 0 Å². The fourth-order valence-corrected chi connectivity index (χ4v) is 2.76. The Morgan fingerprint density at radius 3 is 3.00 bits per heavy atom. The lowest BCUT2D eigenvalue weighted by Crippen LogP contribution is -2.35. The summed E-state index contributed by atoms with van der Waals surface area (Å²) in [4.78, 5) is 0. The summed E-state index contributed by atoms with van der Waals surface area (Å²) < 4.78 is 13.1. The Bertz CT molecular complexity index is 407. The Morgan fingerprint density at radius 2 is 2.47 bits per heavy atom. The molecule has 0 aromatic carbocycles. The van der Waals surface area contributed by atoms with Crippen molar-refractivity contribution in [1.82, 2.24) is 15.2 Å². The molecule has 0 spiro atoms. The lowest BCUT2D eigenvalue weighted by molar-refractivity contribution is 0.116. The molecule has 3 atom stereocenters. The van der Waals surface area contributed by atoms with Gasteiger partial charge in [-0.25, -0.2) is 0 Å². The van der Waals surface area contributed by atoms with Crippen LogP contribution in [0.5, 0.6) is 5.75 Å². The Morgan fingerprint density at radius 1 is 1.68 bits per heavy atom. The zero-order valence-electron chi connectivity index (χ0n) is 11.9. The molecule has 0 radical (unpaired) electrons. The first-order valence-electron chi connectivity index (χ1n) is 6.88. The van der Waals surface area contributed by atoms with E-state index < -0.39 is 0 Å². The maximum Gasteiger partial charge on any atom is 0.161 e. The van der Waals surface area contributed by atoms with Crippen LogP contribution in [-0.2, 0) is 11.3 Å². The van der Waals surface area contributed by atoms with Crippen LogP contribution in [0, 0.1) is 5.92 Å². The maximum absolute atomic E-state index is 5.78. The molecule has 1 saturated heterocycles. The molecule has 0 bridgehead atoms. The molecule has 0 amide bonds. The van der Waals surface area contributed by atoms with Gasteiger partial charge in [0.25, 0.3) is 0 Å². The van der Waals surface area contributed by atoms with Gasteiger partial charge in [0, 0.05) is 12.5 Å². The van der Waals surface area contributed by atoms with Gasteiger partial charge in [0.2, 0.25) is 0 Å². The van der Waals surface area contributed by atoms with Crippen LogP contribution in [0.2, 0.25) is 0 Å². The first-order valence-corrected chi connectivity index (χ1v) is 6.88. The van der Waals surface area contributed by atoms with Crippen LogP contribution in [0.15, 0.2) is 6.20 Å². The summed E-state index contributed by atoms with van der Waals surface area (Å²) in [5, 5.41) is 4.39. The number of nitrogens with two attached hydrogens (primary N) is 1. The van der Waals surface area contributed by atoms with Crippen molar-refractivity contribution in [2.24, 2.45) is 11.8 Å². The quantitative estimate of drug-likeness (QED) is 0.599. The summed E-state index contributed by atoms with van der Waals surface area (Å²) in [7, 11) is 1.66. The molecule has 1 aromatic rings. The van der Waals surface area contributed by atoms with E-state index >= 15 is 0 Å². The third-order valence-electron chi connectivity index (χ3n) is 3.68. The van der Waals surface area contributed by atoms with Crippen molar-refractivity contribution >= 4 is 0 Å². The molecule has 6 heteroatoms. The fraction of sp³-hybridized carbons (Fsp3) is 0.769. The van der Waals surface area contributed by atoms with Crippen LogP contribution in [0.1, 0.15) is 38.4 Å². The molecule has 0 saturated carbocycles. The zero-order chi connectivity index (χ0) is 13.8. The Balaban J connectivity index is 2.28. The predicted molar refractivity (Wildman–Crippen MR) is 72.7 cm³/mol. The second-order valence-electron chi connectivity index (χ2n) is 5.11. The molecule has 3 N–H and O–H groups in total. The highest BCUT2D eigenvalue weighted by Crippen LogP contribution is 2.35. The van der Waals surface area contributed by atoms with Crippen LogP contribution in [0.3, 0.4) is 0 Å². The first kappa shape index (κ1) is 14.3. The van der Waals surface area contributed by atoms with Crippen molar-refractivity contribution < 1.29 is 9.47 Å². The van der Waals surface area contributed by atoms with Crippen LogP contribution < -0.4 is 16.0 Å². The van der Waals surface area contributed by atoms with Crippen molar-refractivity contribution in [3.05, 3.63) is 11.9 Å². The Hall–Kier alpha value is -1.11. The Labute approximate surface area is 114 Å². The molecule has 19 heavy (non-hydrogen) atoms. The van der Waals surface area contributed by atoms with Gasteiger partial charge in [-0.15, -0.1) is 0 Å². The third kappa shape index (κ3) is 2.91. The van der Waals surface area contributed by atoms with Crippen LogP contribution in [-0.4, -0.2) is 29.6 Å². The molecule has 108 valence electrons. The number of aromatic nitrogens is 2. The Kier molecular flexibility index (Phi) is 4.79. The van der Waals surface area contributed by atoms with E-state index in [1.54, 1.807) is 13.3 Å². The molecule has 2 heterocycles. The largest absolute Gasteiger partial charge is 0.493 e. The van der Waals surface area contributed by atoms with Crippen LogP contribution >= 0.6 is 0 Å². The topological polar surface area (TPSA) is 74.3 Å². The zero-order valence-corrected chi connectivity index (χ0v) is 11.9. The van der Waals surface area contributed by atoms with Gasteiger partial charge in [0.15, 0.2) is 5.75 Å². The number of ether oxygens (including phenoxy) is 2. The monoisotopic (exact) mass is 268 g/mol. The maximum atomic E-state index is 5.78. The van der Waals surface area contributed by atoms with Crippen molar-refractivity contribution in [3.8, 4) is 5.75 Å². The SMILES string of the molecule is CCCn1ncc(OC)c1C(NN)C1COC(C)C1. The lowest BCUT2D eigenvalue weighted by Gasteiger charge is -2.23. The highest BCUT2D eigenvalue weighted by atomic mass is 16.5. The van der Waals surface area contributed by atoms with E-state index in [-0.39, 0.29) is 12.1 Å². The van der Waals surface area contributed by atoms with E-state index in [0.717, 1.165) is 37.4 Å². The number of rotatable bonds is 6.